The first-order chi connectivity index (χ1) is 11.8. The molecule has 1 aromatic rings. The number of benzene rings is 1. The SMILES string of the molecule is CCCCCCC(C)(C)C(=O)NOP(=O)([O-])OCCc1ccccc1. The predicted octanol–water partition coefficient (Wildman–Crippen LogP) is 3.76. The summed E-state index contributed by atoms with van der Waals surface area (Å²) in [6.07, 6.45) is 5.32. The van der Waals surface area contributed by atoms with Gasteiger partial charge in [0.1, 0.15) is 0 Å². The van der Waals surface area contributed by atoms with E-state index in [1.54, 1.807) is 13.8 Å². The molecule has 0 fully saturated rings. The van der Waals surface area contributed by atoms with Crippen LogP contribution >= 0.6 is 7.82 Å². The van der Waals surface area contributed by atoms with Crippen molar-refractivity contribution in [3.63, 3.8) is 0 Å². The van der Waals surface area contributed by atoms with Crippen molar-refractivity contribution in [2.45, 2.75) is 59.3 Å². The molecule has 0 spiro atoms. The molecule has 0 radical (unpaired) electrons. The molecule has 6 nitrogen and oxygen atoms in total. The summed E-state index contributed by atoms with van der Waals surface area (Å²) in [6.45, 7) is 5.61. The van der Waals surface area contributed by atoms with Crippen molar-refractivity contribution in [3.05, 3.63) is 35.9 Å². The van der Waals surface area contributed by atoms with Crippen molar-refractivity contribution in [3.8, 4) is 0 Å². The van der Waals surface area contributed by atoms with Gasteiger partial charge in [0.05, 0.1) is 6.61 Å². The standard InChI is InChI=1S/C18H30NO5P/c1-4-5-6-10-14-18(2,3)17(20)19-24-25(21,22)23-15-13-16-11-8-7-9-12-16/h7-9,11-12H,4-6,10,13-15H2,1-3H3,(H,19,20)(H,21,22)/p-1. The van der Waals surface area contributed by atoms with Crippen LogP contribution in [0.25, 0.3) is 0 Å². The van der Waals surface area contributed by atoms with E-state index >= 15 is 0 Å². The van der Waals surface area contributed by atoms with Crippen molar-refractivity contribution < 1.29 is 23.4 Å². The number of hydroxylamine groups is 1. The highest BCUT2D eigenvalue weighted by molar-refractivity contribution is 7.45. The molecule has 0 heterocycles. The third kappa shape index (κ3) is 9.17. The highest BCUT2D eigenvalue weighted by Gasteiger charge is 2.28. The Labute approximate surface area is 150 Å². The molecular formula is C18H29NO5P-. The topological polar surface area (TPSA) is 87.7 Å². The minimum absolute atomic E-state index is 0.0406. The highest BCUT2D eigenvalue weighted by atomic mass is 31.2. The van der Waals surface area contributed by atoms with E-state index in [9.17, 15) is 14.3 Å². The quantitative estimate of drug-likeness (QED) is 0.344. The van der Waals surface area contributed by atoms with Crippen LogP contribution in [-0.4, -0.2) is 12.5 Å². The zero-order valence-corrected chi connectivity index (χ0v) is 16.2. The molecule has 0 aliphatic rings. The average Bonchev–Trinajstić information content (AvgIpc) is 2.57. The molecule has 0 saturated heterocycles. The fourth-order valence-electron chi connectivity index (χ4n) is 2.29. The van der Waals surface area contributed by atoms with E-state index in [1.165, 1.54) is 0 Å². The summed E-state index contributed by atoms with van der Waals surface area (Å²) >= 11 is 0. The summed E-state index contributed by atoms with van der Waals surface area (Å²) in [5.74, 6) is -0.466. The first-order valence-corrected chi connectivity index (χ1v) is 10.2. The fraction of sp³-hybridized carbons (Fsp3) is 0.611. The zero-order chi connectivity index (χ0) is 18.8. The molecule has 0 saturated carbocycles. The number of phosphoric acid groups is 1. The predicted molar refractivity (Wildman–Crippen MR) is 95.5 cm³/mol. The number of rotatable bonds is 12. The van der Waals surface area contributed by atoms with Gasteiger partial charge in [0.2, 0.25) is 5.91 Å². The normalized spacial score (nSPS) is 14.1. The van der Waals surface area contributed by atoms with Crippen molar-refractivity contribution in [2.75, 3.05) is 6.61 Å². The van der Waals surface area contributed by atoms with Gasteiger partial charge >= 0.3 is 0 Å². The number of unbranched alkanes of at least 4 members (excludes halogenated alkanes) is 3. The minimum Gasteiger partial charge on any atom is -0.755 e. The summed E-state index contributed by atoms with van der Waals surface area (Å²) < 4.78 is 21.0. The first-order valence-electron chi connectivity index (χ1n) is 8.75. The Morgan fingerprint density at radius 3 is 2.52 bits per heavy atom. The molecular weight excluding hydrogens is 341 g/mol. The number of carbonyl (C=O) groups excluding carboxylic acids is 1. The van der Waals surface area contributed by atoms with Crippen molar-refractivity contribution in [1.29, 1.82) is 0 Å². The zero-order valence-electron chi connectivity index (χ0n) is 15.3. The lowest BCUT2D eigenvalue weighted by Gasteiger charge is -2.27. The largest absolute Gasteiger partial charge is 0.755 e. The molecule has 25 heavy (non-hydrogen) atoms. The summed E-state index contributed by atoms with van der Waals surface area (Å²) in [5.41, 5.74) is 2.27. The maximum absolute atomic E-state index is 12.1. The van der Waals surface area contributed by atoms with Gasteiger partial charge in [-0.05, 0) is 18.4 Å². The van der Waals surface area contributed by atoms with Crippen LogP contribution < -0.4 is 10.4 Å². The number of nitrogens with one attached hydrogen (secondary N) is 1. The molecule has 0 aliphatic heterocycles. The molecule has 142 valence electrons. The summed E-state index contributed by atoms with van der Waals surface area (Å²) in [4.78, 5) is 23.8. The van der Waals surface area contributed by atoms with Gasteiger partial charge in [0, 0.05) is 5.41 Å². The molecule has 1 atom stereocenters. The maximum Gasteiger partial charge on any atom is 0.290 e. The molecule has 1 N–H and O–H groups in total. The first kappa shape index (κ1) is 21.8. The molecule has 1 unspecified atom stereocenters. The van der Waals surface area contributed by atoms with Gasteiger partial charge in [-0.1, -0.05) is 76.8 Å². The molecule has 0 aliphatic carbocycles. The number of hydrogen-bond donors (Lipinski definition) is 1. The highest BCUT2D eigenvalue weighted by Crippen LogP contribution is 2.37. The van der Waals surface area contributed by atoms with E-state index in [2.05, 4.69) is 11.5 Å². The second-order valence-corrected chi connectivity index (χ2v) is 8.07. The number of hydrogen-bond acceptors (Lipinski definition) is 5. The lowest BCUT2D eigenvalue weighted by Crippen LogP contribution is -2.37. The van der Waals surface area contributed by atoms with Crippen molar-refractivity contribution >= 4 is 13.7 Å². The smallest absolute Gasteiger partial charge is 0.290 e. The van der Waals surface area contributed by atoms with Crippen LogP contribution in [0.3, 0.4) is 0 Å². The summed E-state index contributed by atoms with van der Waals surface area (Å²) in [7, 11) is -4.57. The lowest BCUT2D eigenvalue weighted by atomic mass is 9.86. The Bertz CT molecular complexity index is 562. The van der Waals surface area contributed by atoms with E-state index in [4.69, 9.17) is 4.52 Å². The van der Waals surface area contributed by atoms with Crippen LogP contribution in [0, 0.1) is 5.41 Å². The van der Waals surface area contributed by atoms with Gasteiger partial charge in [-0.15, -0.1) is 0 Å². The van der Waals surface area contributed by atoms with Gasteiger partial charge in [0.15, 0.2) is 0 Å². The number of carbonyl (C=O) groups is 1. The maximum atomic E-state index is 12.1. The Morgan fingerprint density at radius 1 is 1.20 bits per heavy atom. The van der Waals surface area contributed by atoms with Gasteiger partial charge in [-0.25, -0.2) is 10.1 Å². The second kappa shape index (κ2) is 10.7. The molecule has 0 aromatic heterocycles. The van der Waals surface area contributed by atoms with Crippen LogP contribution in [0.15, 0.2) is 30.3 Å². The van der Waals surface area contributed by atoms with E-state index in [-0.39, 0.29) is 6.61 Å². The molecule has 1 amide bonds. The number of amides is 1. The van der Waals surface area contributed by atoms with E-state index in [0.717, 1.165) is 31.2 Å². The van der Waals surface area contributed by atoms with E-state index < -0.39 is 19.1 Å². The third-order valence-electron chi connectivity index (χ3n) is 4.00. The monoisotopic (exact) mass is 370 g/mol. The Balaban J connectivity index is 2.33. The van der Waals surface area contributed by atoms with E-state index in [0.29, 0.717) is 12.8 Å². The molecule has 1 aromatic carbocycles. The molecule has 1 rings (SSSR count). The second-order valence-electron chi connectivity index (χ2n) is 6.73. The van der Waals surface area contributed by atoms with E-state index in [1.807, 2.05) is 35.8 Å². The molecule has 0 bridgehead atoms. The Hall–Kier alpha value is -1.20. The van der Waals surface area contributed by atoms with Crippen molar-refractivity contribution in [1.82, 2.24) is 5.48 Å². The van der Waals surface area contributed by atoms with Crippen LogP contribution in [0.1, 0.15) is 58.4 Å². The number of phosphoric ester groups is 1. The third-order valence-corrected chi connectivity index (χ3v) is 4.82. The average molecular weight is 370 g/mol. The summed E-state index contributed by atoms with van der Waals surface area (Å²) in [5, 5.41) is 0. The van der Waals surface area contributed by atoms with Crippen LogP contribution in [0.4, 0.5) is 0 Å². The lowest BCUT2D eigenvalue weighted by molar-refractivity contribution is -0.232. The van der Waals surface area contributed by atoms with Crippen LogP contribution in [-0.2, 0) is 24.9 Å². The molecule has 7 heteroatoms. The minimum atomic E-state index is -4.57. The van der Waals surface area contributed by atoms with Gasteiger partial charge in [-0.2, -0.15) is 0 Å². The van der Waals surface area contributed by atoms with Gasteiger partial charge in [-0.3, -0.25) is 9.36 Å². The summed E-state index contributed by atoms with van der Waals surface area (Å²) in [6, 6.07) is 9.37. The fourth-order valence-corrected chi connectivity index (χ4v) is 2.85. The van der Waals surface area contributed by atoms with Crippen LogP contribution in [0.2, 0.25) is 0 Å². The Morgan fingerprint density at radius 2 is 1.88 bits per heavy atom. The van der Waals surface area contributed by atoms with Crippen LogP contribution in [0.5, 0.6) is 0 Å². The van der Waals surface area contributed by atoms with Gasteiger partial charge < -0.3 is 9.42 Å². The van der Waals surface area contributed by atoms with Gasteiger partial charge in [0.25, 0.3) is 7.82 Å². The van der Waals surface area contributed by atoms with Crippen molar-refractivity contribution in [2.24, 2.45) is 5.41 Å². The Kier molecular flexibility index (Phi) is 9.36.